The monoisotopic (exact) mass is 339 g/mol. The quantitative estimate of drug-likeness (QED) is 0.512. The molecule has 0 aliphatic heterocycles. The minimum atomic E-state index is -1.09. The third kappa shape index (κ3) is 6.19. The molecule has 0 fully saturated rings. The number of carbonyl (C=O) groups is 2. The number of hydrogen-bond acceptors (Lipinski definition) is 5. The molecular weight excluding hydrogens is 318 g/mol. The first-order chi connectivity index (χ1) is 11.2. The van der Waals surface area contributed by atoms with E-state index >= 15 is 0 Å². The average Bonchev–Trinajstić information content (AvgIpc) is 2.47. The fourth-order valence-corrected chi connectivity index (χ4v) is 2.17. The molecule has 2 N–H and O–H groups in total. The van der Waals surface area contributed by atoms with Crippen LogP contribution in [0.5, 0.6) is 0 Å². The summed E-state index contributed by atoms with van der Waals surface area (Å²) in [6.07, 6.45) is 1.74. The summed E-state index contributed by atoms with van der Waals surface area (Å²) < 4.78 is 1.16. The number of nitro groups is 1. The molecule has 1 atom stereocenters. The zero-order valence-electron chi connectivity index (χ0n) is 13.6. The zero-order valence-corrected chi connectivity index (χ0v) is 13.6. The molecule has 1 amide bonds. The molecule has 0 saturated heterocycles. The van der Waals surface area contributed by atoms with Crippen molar-refractivity contribution in [3.8, 4) is 0 Å². The van der Waals surface area contributed by atoms with Crippen LogP contribution >= 0.6 is 0 Å². The summed E-state index contributed by atoms with van der Waals surface area (Å²) in [7, 11) is 0. The summed E-state index contributed by atoms with van der Waals surface area (Å²) in [6, 6.07) is 1.27. The Labute approximate surface area is 138 Å². The van der Waals surface area contributed by atoms with E-state index in [9.17, 15) is 24.5 Å². The Kier molecular flexibility index (Phi) is 7.09. The van der Waals surface area contributed by atoms with Gasteiger partial charge in [0, 0.05) is 25.1 Å². The third-order valence-corrected chi connectivity index (χ3v) is 3.32. The van der Waals surface area contributed by atoms with E-state index in [1.807, 2.05) is 13.8 Å². The summed E-state index contributed by atoms with van der Waals surface area (Å²) in [5.74, 6) is -1.40. The van der Waals surface area contributed by atoms with Gasteiger partial charge in [0.25, 0.3) is 11.2 Å². The fraction of sp³-hybridized carbons (Fsp3) is 0.533. The van der Waals surface area contributed by atoms with Crippen LogP contribution in [0.4, 0.5) is 5.69 Å². The highest BCUT2D eigenvalue weighted by atomic mass is 16.6. The van der Waals surface area contributed by atoms with Crippen molar-refractivity contribution < 1.29 is 19.6 Å². The van der Waals surface area contributed by atoms with Crippen LogP contribution < -0.4 is 10.9 Å². The number of aromatic nitrogens is 1. The lowest BCUT2D eigenvalue weighted by Gasteiger charge is -2.16. The van der Waals surface area contributed by atoms with E-state index in [4.69, 9.17) is 5.11 Å². The number of aliphatic carboxylic acids is 1. The van der Waals surface area contributed by atoms with Gasteiger partial charge in [0.05, 0.1) is 11.1 Å². The predicted octanol–water partition coefficient (Wildman–Crippen LogP) is 1.15. The van der Waals surface area contributed by atoms with E-state index in [-0.39, 0.29) is 31.0 Å². The number of amides is 1. The van der Waals surface area contributed by atoms with Gasteiger partial charge >= 0.3 is 5.97 Å². The maximum atomic E-state index is 11.8. The number of carbonyl (C=O) groups excluding carboxylic acids is 1. The average molecular weight is 339 g/mol. The van der Waals surface area contributed by atoms with E-state index in [2.05, 4.69) is 5.32 Å². The molecule has 1 rings (SSSR count). The van der Waals surface area contributed by atoms with E-state index in [1.54, 1.807) is 0 Å². The second-order valence-electron chi connectivity index (χ2n) is 5.87. The molecule has 0 radical (unpaired) electrons. The highest BCUT2D eigenvalue weighted by Crippen LogP contribution is 2.08. The van der Waals surface area contributed by atoms with Crippen molar-refractivity contribution in [2.75, 3.05) is 0 Å². The van der Waals surface area contributed by atoms with Gasteiger partial charge in [-0.2, -0.15) is 0 Å². The van der Waals surface area contributed by atoms with Gasteiger partial charge in [0.15, 0.2) is 0 Å². The molecule has 1 aromatic heterocycles. The first kappa shape index (κ1) is 19.3. The fourth-order valence-electron chi connectivity index (χ4n) is 2.17. The second-order valence-corrected chi connectivity index (χ2v) is 5.87. The number of nitrogens with zero attached hydrogens (tertiary/aromatic N) is 2. The summed E-state index contributed by atoms with van der Waals surface area (Å²) in [5.41, 5.74) is -0.605. The second kappa shape index (κ2) is 8.80. The van der Waals surface area contributed by atoms with E-state index < -0.39 is 28.4 Å². The molecule has 0 spiro atoms. The summed E-state index contributed by atoms with van der Waals surface area (Å²) in [6.45, 7) is 3.85. The van der Waals surface area contributed by atoms with E-state index in [1.165, 1.54) is 0 Å². The molecule has 1 unspecified atom stereocenters. The zero-order chi connectivity index (χ0) is 18.3. The largest absolute Gasteiger partial charge is 0.480 e. The van der Waals surface area contributed by atoms with Gasteiger partial charge in [-0.1, -0.05) is 13.8 Å². The maximum Gasteiger partial charge on any atom is 0.326 e. The van der Waals surface area contributed by atoms with Gasteiger partial charge in [0.2, 0.25) is 5.91 Å². The standard InChI is InChI=1S/C15H21N3O6/c1-10(2)8-12(15(21)22)16-13(19)4-3-7-17-9-11(18(23)24)5-6-14(17)20/h5-6,9-10,12H,3-4,7-8H2,1-2H3,(H,16,19)(H,21,22). The normalized spacial score (nSPS) is 12.0. The number of hydrogen-bond donors (Lipinski definition) is 2. The number of carboxylic acid groups (broad SMARTS) is 1. The molecule has 0 saturated carbocycles. The third-order valence-electron chi connectivity index (χ3n) is 3.32. The van der Waals surface area contributed by atoms with Crippen molar-refractivity contribution >= 4 is 17.6 Å². The number of aryl methyl sites for hydroxylation is 1. The minimum Gasteiger partial charge on any atom is -0.480 e. The van der Waals surface area contributed by atoms with Crippen molar-refractivity contribution in [1.29, 1.82) is 0 Å². The molecule has 0 aliphatic rings. The van der Waals surface area contributed by atoms with E-state index in [0.717, 1.165) is 22.9 Å². The minimum absolute atomic E-state index is 0.0248. The summed E-state index contributed by atoms with van der Waals surface area (Å²) in [5, 5.41) is 22.2. The number of nitrogens with one attached hydrogen (secondary N) is 1. The van der Waals surface area contributed by atoms with Crippen LogP contribution in [0, 0.1) is 16.0 Å². The lowest BCUT2D eigenvalue weighted by atomic mass is 10.0. The van der Waals surface area contributed by atoms with Crippen LogP contribution in [0.3, 0.4) is 0 Å². The molecular formula is C15H21N3O6. The highest BCUT2D eigenvalue weighted by molar-refractivity contribution is 5.83. The van der Waals surface area contributed by atoms with E-state index in [0.29, 0.717) is 6.42 Å². The van der Waals surface area contributed by atoms with Crippen LogP contribution in [0.25, 0.3) is 0 Å². The molecule has 132 valence electrons. The van der Waals surface area contributed by atoms with Crippen LogP contribution in [-0.4, -0.2) is 32.5 Å². The smallest absolute Gasteiger partial charge is 0.326 e. The van der Waals surface area contributed by atoms with Gasteiger partial charge in [-0.25, -0.2) is 4.79 Å². The van der Waals surface area contributed by atoms with Crippen molar-refractivity contribution in [2.45, 2.75) is 45.7 Å². The number of carboxylic acids is 1. The van der Waals surface area contributed by atoms with Crippen LogP contribution in [-0.2, 0) is 16.1 Å². The van der Waals surface area contributed by atoms with Crippen molar-refractivity contribution in [3.05, 3.63) is 38.8 Å². The van der Waals surface area contributed by atoms with Crippen molar-refractivity contribution in [3.63, 3.8) is 0 Å². The number of pyridine rings is 1. The molecule has 0 bridgehead atoms. The van der Waals surface area contributed by atoms with Gasteiger partial charge < -0.3 is 15.0 Å². The van der Waals surface area contributed by atoms with Gasteiger partial charge in [0.1, 0.15) is 6.04 Å². The Balaban J connectivity index is 2.56. The molecule has 1 aromatic rings. The Morgan fingerprint density at radius 1 is 1.38 bits per heavy atom. The van der Waals surface area contributed by atoms with Crippen LogP contribution in [0.15, 0.2) is 23.1 Å². The SMILES string of the molecule is CC(C)CC(NC(=O)CCCn1cc([N+](=O)[O-])ccc1=O)C(=O)O. The first-order valence-corrected chi connectivity index (χ1v) is 7.57. The van der Waals surface area contributed by atoms with Crippen LogP contribution in [0.2, 0.25) is 0 Å². The molecule has 9 nitrogen and oxygen atoms in total. The lowest BCUT2D eigenvalue weighted by molar-refractivity contribution is -0.385. The Bertz CT molecular complexity index is 667. The van der Waals surface area contributed by atoms with Crippen molar-refractivity contribution in [2.24, 2.45) is 5.92 Å². The first-order valence-electron chi connectivity index (χ1n) is 7.57. The Hall–Kier alpha value is -2.71. The molecule has 24 heavy (non-hydrogen) atoms. The Morgan fingerprint density at radius 3 is 2.58 bits per heavy atom. The molecule has 0 aromatic carbocycles. The predicted molar refractivity (Wildman–Crippen MR) is 85.6 cm³/mol. The topological polar surface area (TPSA) is 132 Å². The Morgan fingerprint density at radius 2 is 2.04 bits per heavy atom. The number of rotatable bonds is 9. The molecule has 1 heterocycles. The summed E-state index contributed by atoms with van der Waals surface area (Å²) in [4.78, 5) is 44.6. The van der Waals surface area contributed by atoms with Gasteiger partial charge in [-0.15, -0.1) is 0 Å². The van der Waals surface area contributed by atoms with Gasteiger partial charge in [-0.05, 0) is 18.8 Å². The molecule has 0 aliphatic carbocycles. The highest BCUT2D eigenvalue weighted by Gasteiger charge is 2.20. The summed E-state index contributed by atoms with van der Waals surface area (Å²) >= 11 is 0. The van der Waals surface area contributed by atoms with Crippen molar-refractivity contribution in [1.82, 2.24) is 9.88 Å². The molecule has 9 heteroatoms. The maximum absolute atomic E-state index is 11.8. The lowest BCUT2D eigenvalue weighted by Crippen LogP contribution is -2.41. The van der Waals surface area contributed by atoms with Crippen LogP contribution in [0.1, 0.15) is 33.1 Å². The van der Waals surface area contributed by atoms with Gasteiger partial charge in [-0.3, -0.25) is 19.7 Å².